The molecule has 0 aromatic heterocycles. The van der Waals surface area contributed by atoms with E-state index in [0.29, 0.717) is 5.92 Å². The molecule has 0 spiro atoms. The Balaban J connectivity index is 2.35. The van der Waals surface area contributed by atoms with Crippen molar-refractivity contribution in [2.45, 2.75) is 33.7 Å². The van der Waals surface area contributed by atoms with E-state index >= 15 is 0 Å². The van der Waals surface area contributed by atoms with Gasteiger partial charge >= 0.3 is 0 Å². The Morgan fingerprint density at radius 3 is 2.06 bits per heavy atom. The van der Waals surface area contributed by atoms with Crippen molar-refractivity contribution in [3.63, 3.8) is 0 Å². The zero-order valence-corrected chi connectivity index (χ0v) is 11.3. The van der Waals surface area contributed by atoms with E-state index in [1.165, 1.54) is 0 Å². The largest absolute Gasteiger partial charge is 0.313 e. The molecule has 1 aromatic rings. The van der Waals surface area contributed by atoms with Crippen LogP contribution in [-0.2, 0) is 0 Å². The zero-order valence-electron chi connectivity index (χ0n) is 11.3. The molecule has 0 saturated heterocycles. The first-order valence-corrected chi connectivity index (χ1v) is 6.25. The van der Waals surface area contributed by atoms with E-state index in [0.717, 1.165) is 5.56 Å². The molecule has 1 atom stereocenters. The van der Waals surface area contributed by atoms with Gasteiger partial charge in [0.1, 0.15) is 5.82 Å². The Kier molecular flexibility index (Phi) is 2.81. The molecule has 1 nitrogen and oxygen atoms in total. The maximum absolute atomic E-state index is 13.9. The van der Waals surface area contributed by atoms with Crippen LogP contribution >= 0.6 is 0 Å². The molecule has 1 unspecified atom stereocenters. The fraction of sp³-hybridized carbons (Fsp3) is 0.600. The summed E-state index contributed by atoms with van der Waals surface area (Å²) in [5.74, 6) is 0.363. The van der Waals surface area contributed by atoms with Crippen LogP contribution in [-0.4, -0.2) is 7.05 Å². The number of nitrogens with one attached hydrogen (secondary N) is 1. The molecule has 0 amide bonds. The molecule has 2 heteroatoms. The van der Waals surface area contributed by atoms with Gasteiger partial charge in [0.05, 0.1) is 0 Å². The molecule has 0 aliphatic heterocycles. The SMILES string of the molecule is CNC(c1ccccc1F)C1C(C)(C)C1(C)C. The van der Waals surface area contributed by atoms with Crippen molar-refractivity contribution in [2.75, 3.05) is 7.05 Å². The predicted octanol–water partition coefficient (Wildman–Crippen LogP) is 3.77. The lowest BCUT2D eigenvalue weighted by Crippen LogP contribution is -2.22. The number of halogens is 1. The average molecular weight is 235 g/mol. The van der Waals surface area contributed by atoms with E-state index in [1.807, 2.05) is 19.2 Å². The number of hydrogen-bond acceptors (Lipinski definition) is 1. The quantitative estimate of drug-likeness (QED) is 0.841. The van der Waals surface area contributed by atoms with Crippen LogP contribution in [0.1, 0.15) is 39.3 Å². The Labute approximate surface area is 103 Å². The fourth-order valence-corrected chi connectivity index (χ4v) is 3.31. The highest BCUT2D eigenvalue weighted by Crippen LogP contribution is 2.72. The number of rotatable bonds is 3. The third-order valence-corrected chi connectivity index (χ3v) is 5.02. The normalized spacial score (nSPS) is 23.4. The fourth-order valence-electron chi connectivity index (χ4n) is 3.31. The second kappa shape index (κ2) is 3.81. The van der Waals surface area contributed by atoms with Crippen LogP contribution in [0.25, 0.3) is 0 Å². The molecule has 17 heavy (non-hydrogen) atoms. The standard InChI is InChI=1S/C15H22FN/c1-14(2)13(15(14,3)4)12(17-5)10-8-6-7-9-11(10)16/h6-9,12-13,17H,1-5H3. The minimum absolute atomic E-state index is 0.0983. The van der Waals surface area contributed by atoms with Crippen molar-refractivity contribution in [2.24, 2.45) is 16.7 Å². The van der Waals surface area contributed by atoms with Gasteiger partial charge in [-0.3, -0.25) is 0 Å². The summed E-state index contributed by atoms with van der Waals surface area (Å²) in [5.41, 5.74) is 1.30. The molecule has 0 radical (unpaired) electrons. The lowest BCUT2D eigenvalue weighted by atomic mass is 9.96. The Hall–Kier alpha value is -0.890. The predicted molar refractivity (Wildman–Crippen MR) is 69.3 cm³/mol. The first kappa shape index (κ1) is 12.6. The molecule has 1 fully saturated rings. The number of benzene rings is 1. The minimum atomic E-state index is -0.106. The summed E-state index contributed by atoms with van der Waals surface area (Å²) in [6.45, 7) is 9.07. The zero-order chi connectivity index (χ0) is 12.8. The summed E-state index contributed by atoms with van der Waals surface area (Å²) in [6.07, 6.45) is 0. The van der Waals surface area contributed by atoms with E-state index in [1.54, 1.807) is 12.1 Å². The van der Waals surface area contributed by atoms with E-state index in [-0.39, 0.29) is 22.7 Å². The molecule has 1 saturated carbocycles. The second-order valence-electron chi connectivity index (χ2n) is 6.21. The molecule has 1 aliphatic rings. The maximum Gasteiger partial charge on any atom is 0.127 e. The molecule has 1 N–H and O–H groups in total. The van der Waals surface area contributed by atoms with Crippen LogP contribution in [0.15, 0.2) is 24.3 Å². The summed E-state index contributed by atoms with van der Waals surface area (Å²) in [5, 5.41) is 3.29. The van der Waals surface area contributed by atoms with Crippen molar-refractivity contribution >= 4 is 0 Å². The van der Waals surface area contributed by atoms with Crippen LogP contribution in [0.3, 0.4) is 0 Å². The highest BCUT2D eigenvalue weighted by molar-refractivity contribution is 5.28. The van der Waals surface area contributed by atoms with Crippen molar-refractivity contribution in [3.8, 4) is 0 Å². The van der Waals surface area contributed by atoms with Crippen LogP contribution in [0.5, 0.6) is 0 Å². The van der Waals surface area contributed by atoms with Crippen LogP contribution in [0.2, 0.25) is 0 Å². The van der Waals surface area contributed by atoms with Gasteiger partial charge in [-0.2, -0.15) is 0 Å². The molecule has 2 rings (SSSR count). The molecule has 0 bridgehead atoms. The van der Waals surface area contributed by atoms with Gasteiger partial charge in [-0.25, -0.2) is 4.39 Å². The lowest BCUT2D eigenvalue weighted by Gasteiger charge is -2.19. The Bertz CT molecular complexity index is 409. The molecular weight excluding hydrogens is 213 g/mol. The maximum atomic E-state index is 13.9. The Morgan fingerprint density at radius 1 is 1.12 bits per heavy atom. The van der Waals surface area contributed by atoms with Gasteiger partial charge in [0, 0.05) is 11.6 Å². The highest BCUT2D eigenvalue weighted by atomic mass is 19.1. The Morgan fingerprint density at radius 2 is 1.65 bits per heavy atom. The topological polar surface area (TPSA) is 12.0 Å². The average Bonchev–Trinajstić information content (AvgIpc) is 2.64. The van der Waals surface area contributed by atoms with Crippen molar-refractivity contribution in [3.05, 3.63) is 35.6 Å². The molecule has 0 heterocycles. The van der Waals surface area contributed by atoms with Crippen molar-refractivity contribution < 1.29 is 4.39 Å². The third kappa shape index (κ3) is 1.70. The van der Waals surface area contributed by atoms with Gasteiger partial charge < -0.3 is 5.32 Å². The first-order valence-electron chi connectivity index (χ1n) is 6.25. The molecule has 1 aliphatic carbocycles. The van der Waals surface area contributed by atoms with Crippen LogP contribution in [0.4, 0.5) is 4.39 Å². The van der Waals surface area contributed by atoms with Crippen LogP contribution < -0.4 is 5.32 Å². The van der Waals surface area contributed by atoms with Crippen molar-refractivity contribution in [1.29, 1.82) is 0 Å². The molecular formula is C15H22FN. The second-order valence-corrected chi connectivity index (χ2v) is 6.21. The van der Waals surface area contributed by atoms with Gasteiger partial charge in [-0.1, -0.05) is 45.9 Å². The molecule has 1 aromatic carbocycles. The lowest BCUT2D eigenvalue weighted by molar-refractivity contribution is 0.421. The van der Waals surface area contributed by atoms with Gasteiger partial charge in [0.25, 0.3) is 0 Å². The van der Waals surface area contributed by atoms with Gasteiger partial charge in [-0.15, -0.1) is 0 Å². The summed E-state index contributed by atoms with van der Waals surface area (Å²) in [7, 11) is 1.92. The summed E-state index contributed by atoms with van der Waals surface area (Å²) in [4.78, 5) is 0. The van der Waals surface area contributed by atoms with E-state index < -0.39 is 0 Å². The van der Waals surface area contributed by atoms with Gasteiger partial charge in [0.2, 0.25) is 0 Å². The van der Waals surface area contributed by atoms with Gasteiger partial charge in [0.15, 0.2) is 0 Å². The summed E-state index contributed by atoms with van der Waals surface area (Å²) >= 11 is 0. The minimum Gasteiger partial charge on any atom is -0.313 e. The highest BCUT2D eigenvalue weighted by Gasteiger charge is 2.67. The first-order chi connectivity index (χ1) is 7.84. The third-order valence-electron chi connectivity index (χ3n) is 5.02. The smallest absolute Gasteiger partial charge is 0.127 e. The van der Waals surface area contributed by atoms with Gasteiger partial charge in [-0.05, 0) is 29.9 Å². The van der Waals surface area contributed by atoms with E-state index in [2.05, 4.69) is 33.0 Å². The monoisotopic (exact) mass is 235 g/mol. The van der Waals surface area contributed by atoms with Crippen molar-refractivity contribution in [1.82, 2.24) is 5.32 Å². The summed E-state index contributed by atoms with van der Waals surface area (Å²) < 4.78 is 13.9. The van der Waals surface area contributed by atoms with E-state index in [4.69, 9.17) is 0 Å². The number of hydrogen-bond donors (Lipinski definition) is 1. The molecule has 94 valence electrons. The van der Waals surface area contributed by atoms with Crippen LogP contribution in [0, 0.1) is 22.6 Å². The van der Waals surface area contributed by atoms with E-state index in [9.17, 15) is 4.39 Å². The summed E-state index contributed by atoms with van der Waals surface area (Å²) in [6, 6.07) is 7.18.